The summed E-state index contributed by atoms with van der Waals surface area (Å²) >= 11 is 9.03. The van der Waals surface area contributed by atoms with Crippen LogP contribution < -0.4 is 15.8 Å². The molecule has 3 nitrogen and oxygen atoms in total. The number of hydrogen-bond acceptors (Lipinski definition) is 2. The molecule has 0 atom stereocenters. The molecule has 1 saturated heterocycles. The van der Waals surface area contributed by atoms with E-state index in [-0.39, 0.29) is 5.66 Å². The summed E-state index contributed by atoms with van der Waals surface area (Å²) in [7, 11) is 0. The molecule has 0 aromatic heterocycles. The fourth-order valence-corrected chi connectivity index (χ4v) is 4.15. The van der Waals surface area contributed by atoms with Crippen molar-refractivity contribution in [3.05, 3.63) is 28.7 Å². The van der Waals surface area contributed by atoms with Gasteiger partial charge in [-0.3, -0.25) is 5.01 Å². The highest BCUT2D eigenvalue weighted by Crippen LogP contribution is 2.42. The average Bonchev–Trinajstić information content (AvgIpc) is 2.76. The van der Waals surface area contributed by atoms with Gasteiger partial charge in [0.05, 0.1) is 5.69 Å². The van der Waals surface area contributed by atoms with Crippen molar-refractivity contribution in [1.82, 2.24) is 10.7 Å². The Kier molecular flexibility index (Phi) is 4.25. The van der Waals surface area contributed by atoms with Gasteiger partial charge in [0.15, 0.2) is 5.11 Å². The van der Waals surface area contributed by atoms with Crippen LogP contribution in [0.4, 0.5) is 5.69 Å². The van der Waals surface area contributed by atoms with E-state index in [1.165, 1.54) is 12.8 Å². The molecule has 1 saturated carbocycles. The molecule has 2 aliphatic rings. The van der Waals surface area contributed by atoms with Gasteiger partial charge in [0.2, 0.25) is 0 Å². The molecule has 5 heteroatoms. The molecule has 2 N–H and O–H groups in total. The first-order valence-electron chi connectivity index (χ1n) is 7.95. The SMILES string of the molecule is CC(C)(C)C1CCC2(CC1)NC(=S)N(c1ccc(Br)cc1)N2. The van der Waals surface area contributed by atoms with Crippen LogP contribution in [0.1, 0.15) is 46.5 Å². The monoisotopic (exact) mass is 381 g/mol. The van der Waals surface area contributed by atoms with Gasteiger partial charge in [-0.15, -0.1) is 0 Å². The van der Waals surface area contributed by atoms with Gasteiger partial charge in [0.1, 0.15) is 5.66 Å². The van der Waals surface area contributed by atoms with Crippen molar-refractivity contribution in [2.45, 2.75) is 52.1 Å². The summed E-state index contributed by atoms with van der Waals surface area (Å²) in [6, 6.07) is 8.23. The summed E-state index contributed by atoms with van der Waals surface area (Å²) in [6.07, 6.45) is 4.70. The quantitative estimate of drug-likeness (QED) is 0.696. The summed E-state index contributed by atoms with van der Waals surface area (Å²) in [5.74, 6) is 0.789. The minimum absolute atomic E-state index is 0.0636. The number of benzene rings is 1. The molecule has 3 rings (SSSR count). The molecule has 0 bridgehead atoms. The molecule has 1 heterocycles. The average molecular weight is 382 g/mol. The minimum Gasteiger partial charge on any atom is -0.342 e. The summed E-state index contributed by atoms with van der Waals surface area (Å²) < 4.78 is 1.08. The Morgan fingerprint density at radius 2 is 1.77 bits per heavy atom. The first-order chi connectivity index (χ1) is 10.3. The number of thiocarbonyl (C=S) groups is 1. The van der Waals surface area contributed by atoms with Crippen molar-refractivity contribution in [3.8, 4) is 0 Å². The van der Waals surface area contributed by atoms with Crippen molar-refractivity contribution in [1.29, 1.82) is 0 Å². The Morgan fingerprint density at radius 1 is 1.18 bits per heavy atom. The zero-order valence-electron chi connectivity index (χ0n) is 13.4. The molecule has 0 unspecified atom stereocenters. The largest absolute Gasteiger partial charge is 0.342 e. The smallest absolute Gasteiger partial charge is 0.189 e. The van der Waals surface area contributed by atoms with E-state index in [0.29, 0.717) is 5.41 Å². The lowest BCUT2D eigenvalue weighted by atomic mass is 9.70. The van der Waals surface area contributed by atoms with E-state index >= 15 is 0 Å². The van der Waals surface area contributed by atoms with Gasteiger partial charge in [-0.2, -0.15) is 0 Å². The van der Waals surface area contributed by atoms with Crippen LogP contribution in [0, 0.1) is 11.3 Å². The van der Waals surface area contributed by atoms with Crippen LogP contribution in [0.5, 0.6) is 0 Å². The Balaban J connectivity index is 1.71. The Hall–Kier alpha value is -0.650. The second kappa shape index (κ2) is 5.77. The van der Waals surface area contributed by atoms with E-state index in [9.17, 15) is 0 Å². The van der Waals surface area contributed by atoms with Gasteiger partial charge < -0.3 is 5.32 Å². The normalized spacial score (nSPS) is 29.0. The lowest BCUT2D eigenvalue weighted by molar-refractivity contribution is 0.115. The van der Waals surface area contributed by atoms with Crippen molar-refractivity contribution in [2.75, 3.05) is 5.01 Å². The third-order valence-corrected chi connectivity index (χ3v) is 5.84. The predicted molar refractivity (Wildman–Crippen MR) is 99.6 cm³/mol. The van der Waals surface area contributed by atoms with E-state index in [1.807, 2.05) is 17.1 Å². The molecule has 0 amide bonds. The Morgan fingerprint density at radius 3 is 2.32 bits per heavy atom. The zero-order valence-corrected chi connectivity index (χ0v) is 15.9. The van der Waals surface area contributed by atoms with Crippen molar-refractivity contribution >= 4 is 38.9 Å². The van der Waals surface area contributed by atoms with E-state index in [4.69, 9.17) is 12.2 Å². The summed E-state index contributed by atoms with van der Waals surface area (Å²) in [5.41, 5.74) is 5.04. The lowest BCUT2D eigenvalue weighted by Gasteiger charge is -2.42. The summed E-state index contributed by atoms with van der Waals surface area (Å²) in [4.78, 5) is 0. The minimum atomic E-state index is -0.0636. The van der Waals surface area contributed by atoms with Crippen molar-refractivity contribution in [3.63, 3.8) is 0 Å². The second-order valence-electron chi connectivity index (χ2n) is 7.58. The van der Waals surface area contributed by atoms with E-state index < -0.39 is 0 Å². The van der Waals surface area contributed by atoms with Crippen LogP contribution in [0.2, 0.25) is 0 Å². The van der Waals surface area contributed by atoms with Crippen LogP contribution in [0.15, 0.2) is 28.7 Å². The first kappa shape index (κ1) is 16.2. The fourth-order valence-electron chi connectivity index (χ4n) is 3.54. The molecule has 22 heavy (non-hydrogen) atoms. The highest BCUT2D eigenvalue weighted by molar-refractivity contribution is 9.10. The first-order valence-corrected chi connectivity index (χ1v) is 9.15. The summed E-state index contributed by atoms with van der Waals surface area (Å²) in [5, 5.41) is 6.33. The number of nitrogens with one attached hydrogen (secondary N) is 2. The van der Waals surface area contributed by atoms with Crippen LogP contribution in [0.3, 0.4) is 0 Å². The molecule has 120 valence electrons. The Labute approximate surface area is 146 Å². The molecule has 2 fully saturated rings. The lowest BCUT2D eigenvalue weighted by Crippen LogP contribution is -2.54. The third kappa shape index (κ3) is 3.17. The molecule has 0 radical (unpaired) electrons. The van der Waals surface area contributed by atoms with E-state index in [0.717, 1.165) is 34.0 Å². The van der Waals surface area contributed by atoms with Gasteiger partial charge in [-0.05, 0) is 73.5 Å². The maximum atomic E-state index is 5.55. The van der Waals surface area contributed by atoms with Gasteiger partial charge in [0.25, 0.3) is 0 Å². The predicted octanol–water partition coefficient (Wildman–Crippen LogP) is 4.58. The van der Waals surface area contributed by atoms with E-state index in [1.54, 1.807) is 0 Å². The standard InChI is InChI=1S/C17H24BrN3S/c1-16(2,3)12-8-10-17(11-9-12)19-15(22)21(20-17)14-6-4-13(18)5-7-14/h4-7,12,20H,8-11H2,1-3H3,(H,19,22). The van der Waals surface area contributed by atoms with Gasteiger partial charge in [0, 0.05) is 4.47 Å². The van der Waals surface area contributed by atoms with Gasteiger partial charge in [-0.25, -0.2) is 5.43 Å². The topological polar surface area (TPSA) is 27.3 Å². The van der Waals surface area contributed by atoms with Crippen LogP contribution >= 0.6 is 28.1 Å². The van der Waals surface area contributed by atoms with Crippen molar-refractivity contribution < 1.29 is 0 Å². The number of hydrazine groups is 1. The van der Waals surface area contributed by atoms with Crippen molar-refractivity contribution in [2.24, 2.45) is 11.3 Å². The molecule has 1 spiro atoms. The highest BCUT2D eigenvalue weighted by Gasteiger charge is 2.44. The number of anilines is 1. The third-order valence-electron chi connectivity index (χ3n) is 5.02. The van der Waals surface area contributed by atoms with Gasteiger partial charge in [-0.1, -0.05) is 36.7 Å². The maximum Gasteiger partial charge on any atom is 0.189 e. The summed E-state index contributed by atoms with van der Waals surface area (Å²) in [6.45, 7) is 7.05. The van der Waals surface area contributed by atoms with Crippen LogP contribution in [0.25, 0.3) is 0 Å². The number of halogens is 1. The number of rotatable bonds is 1. The Bertz CT molecular complexity index is 556. The molecular weight excluding hydrogens is 358 g/mol. The molecular formula is C17H24BrN3S. The van der Waals surface area contributed by atoms with Crippen LogP contribution in [-0.2, 0) is 0 Å². The van der Waals surface area contributed by atoms with E-state index in [2.05, 4.69) is 59.6 Å². The fraction of sp³-hybridized carbons (Fsp3) is 0.588. The van der Waals surface area contributed by atoms with Crippen LogP contribution in [-0.4, -0.2) is 10.8 Å². The molecule has 1 aliphatic carbocycles. The second-order valence-corrected chi connectivity index (χ2v) is 8.88. The van der Waals surface area contributed by atoms with Gasteiger partial charge >= 0.3 is 0 Å². The number of nitrogens with zero attached hydrogens (tertiary/aromatic N) is 1. The highest BCUT2D eigenvalue weighted by atomic mass is 79.9. The maximum absolute atomic E-state index is 5.55. The number of hydrogen-bond donors (Lipinski definition) is 2. The zero-order chi connectivity index (χ0) is 16.0. The molecule has 1 aromatic rings. The molecule has 1 aromatic carbocycles. The molecule has 1 aliphatic heterocycles.